The molecule has 0 spiro atoms. The van der Waals surface area contributed by atoms with Crippen molar-refractivity contribution in [2.75, 3.05) is 13.1 Å². The van der Waals surface area contributed by atoms with E-state index in [1.165, 1.54) is 11.3 Å². The van der Waals surface area contributed by atoms with Crippen molar-refractivity contribution in [2.45, 2.75) is 23.1 Å². The quantitative estimate of drug-likeness (QED) is 0.438. The number of rotatable bonds is 6. The van der Waals surface area contributed by atoms with E-state index in [0.717, 1.165) is 16.9 Å². The molecular weight excluding hydrogens is 468 g/mol. The van der Waals surface area contributed by atoms with Gasteiger partial charge in [-0.2, -0.15) is 5.10 Å². The Morgan fingerprint density at radius 2 is 1.62 bits per heavy atom. The maximum absolute atomic E-state index is 13.5. The molecule has 1 aliphatic heterocycles. The third kappa shape index (κ3) is 4.68. The fourth-order valence-electron chi connectivity index (χ4n) is 4.11. The molecule has 4 aromatic rings. The summed E-state index contributed by atoms with van der Waals surface area (Å²) in [5, 5.41) is 6.48. The molecule has 0 atom stereocenters. The highest BCUT2D eigenvalue weighted by molar-refractivity contribution is 7.91. The summed E-state index contributed by atoms with van der Waals surface area (Å²) >= 11 is 1.20. The van der Waals surface area contributed by atoms with Gasteiger partial charge in [-0.05, 0) is 42.5 Å². The van der Waals surface area contributed by atoms with Crippen LogP contribution >= 0.6 is 11.3 Å². The summed E-state index contributed by atoms with van der Waals surface area (Å²) in [5.41, 5.74) is 2.97. The van der Waals surface area contributed by atoms with E-state index < -0.39 is 10.0 Å². The van der Waals surface area contributed by atoms with Gasteiger partial charge in [0.15, 0.2) is 0 Å². The molecule has 3 heterocycles. The summed E-state index contributed by atoms with van der Waals surface area (Å²) in [5.74, 6) is -0.113. The number of likely N-dealkylation sites (tertiary alicyclic amines) is 1. The molecule has 1 fully saturated rings. The molecule has 1 amide bonds. The Hall–Kier alpha value is -3.27. The minimum absolute atomic E-state index is 0.113. The van der Waals surface area contributed by atoms with Gasteiger partial charge in [0.2, 0.25) is 10.0 Å². The number of aromatic nitrogens is 2. The Labute approximate surface area is 202 Å². The summed E-state index contributed by atoms with van der Waals surface area (Å²) in [7, 11) is -3.53. The molecule has 1 aliphatic rings. The molecule has 9 heteroatoms. The van der Waals surface area contributed by atoms with Crippen molar-refractivity contribution in [2.24, 2.45) is 0 Å². The van der Waals surface area contributed by atoms with Crippen LogP contribution in [0.4, 0.5) is 0 Å². The number of amides is 1. The maximum atomic E-state index is 13.5. The smallest absolute Gasteiger partial charge is 0.272 e. The lowest BCUT2D eigenvalue weighted by molar-refractivity contribution is 0.0702. The minimum Gasteiger partial charge on any atom is -0.337 e. The van der Waals surface area contributed by atoms with Crippen LogP contribution in [0.2, 0.25) is 0 Å². The molecule has 0 radical (unpaired) electrons. The average Bonchev–Trinajstić information content (AvgIpc) is 3.56. The highest BCUT2D eigenvalue weighted by atomic mass is 32.2. The third-order valence-corrected chi connectivity index (χ3v) is 8.78. The van der Waals surface area contributed by atoms with Crippen molar-refractivity contribution in [1.82, 2.24) is 19.4 Å². The van der Waals surface area contributed by atoms with Crippen LogP contribution in [0.15, 0.2) is 88.5 Å². The summed E-state index contributed by atoms with van der Waals surface area (Å²) in [6, 6.07) is 24.3. The largest absolute Gasteiger partial charge is 0.337 e. The van der Waals surface area contributed by atoms with Gasteiger partial charge in [-0.25, -0.2) is 17.8 Å². The first kappa shape index (κ1) is 22.5. The van der Waals surface area contributed by atoms with E-state index in [1.54, 1.807) is 27.1 Å². The zero-order chi connectivity index (χ0) is 23.5. The SMILES string of the molecule is O=C(c1cc(-c2ccccc2)nn1-c1ccccc1)N1CCC(NS(=O)(=O)c2cccs2)CC1. The summed E-state index contributed by atoms with van der Waals surface area (Å²) in [6.07, 6.45) is 1.11. The van der Waals surface area contributed by atoms with E-state index in [9.17, 15) is 13.2 Å². The van der Waals surface area contributed by atoms with Gasteiger partial charge in [-0.15, -0.1) is 11.3 Å². The monoisotopic (exact) mass is 492 g/mol. The van der Waals surface area contributed by atoms with Crippen molar-refractivity contribution in [3.8, 4) is 16.9 Å². The van der Waals surface area contributed by atoms with Gasteiger partial charge >= 0.3 is 0 Å². The van der Waals surface area contributed by atoms with Gasteiger partial charge in [0.05, 0.1) is 11.4 Å². The molecule has 1 N–H and O–H groups in total. The van der Waals surface area contributed by atoms with Gasteiger partial charge in [0.25, 0.3) is 5.91 Å². The maximum Gasteiger partial charge on any atom is 0.272 e. The van der Waals surface area contributed by atoms with Gasteiger partial charge in [-0.1, -0.05) is 54.6 Å². The van der Waals surface area contributed by atoms with Gasteiger partial charge in [0, 0.05) is 24.7 Å². The number of nitrogens with zero attached hydrogens (tertiary/aromatic N) is 3. The number of carbonyl (C=O) groups excluding carboxylic acids is 1. The van der Waals surface area contributed by atoms with Crippen molar-refractivity contribution >= 4 is 27.3 Å². The normalized spacial score (nSPS) is 14.9. The predicted molar refractivity (Wildman–Crippen MR) is 133 cm³/mol. The first-order valence-corrected chi connectivity index (χ1v) is 13.4. The minimum atomic E-state index is -3.53. The number of sulfonamides is 1. The van der Waals surface area contributed by atoms with Crippen molar-refractivity contribution < 1.29 is 13.2 Å². The first-order chi connectivity index (χ1) is 16.5. The Balaban J connectivity index is 1.35. The van der Waals surface area contributed by atoms with Crippen LogP contribution < -0.4 is 4.72 Å². The number of hydrogen-bond acceptors (Lipinski definition) is 5. The van der Waals surface area contributed by atoms with Crippen molar-refractivity contribution in [3.05, 3.63) is 89.9 Å². The second-order valence-electron chi connectivity index (χ2n) is 8.15. The summed E-state index contributed by atoms with van der Waals surface area (Å²) in [6.45, 7) is 0.939. The molecule has 2 aromatic heterocycles. The van der Waals surface area contributed by atoms with Gasteiger partial charge in [-0.3, -0.25) is 4.79 Å². The van der Waals surface area contributed by atoms with Crippen LogP contribution in [0.5, 0.6) is 0 Å². The van der Waals surface area contributed by atoms with E-state index in [-0.39, 0.29) is 11.9 Å². The molecule has 34 heavy (non-hydrogen) atoms. The van der Waals surface area contributed by atoms with Crippen molar-refractivity contribution in [1.29, 1.82) is 0 Å². The fraction of sp³-hybridized carbons (Fsp3) is 0.200. The number of piperidine rings is 1. The number of nitrogens with one attached hydrogen (secondary N) is 1. The second kappa shape index (κ2) is 9.54. The molecule has 1 saturated heterocycles. The fourth-order valence-corrected chi connectivity index (χ4v) is 6.42. The number of para-hydroxylation sites is 1. The van der Waals surface area contributed by atoms with Crippen LogP contribution in [-0.4, -0.2) is 48.1 Å². The van der Waals surface area contributed by atoms with Crippen molar-refractivity contribution in [3.63, 3.8) is 0 Å². The van der Waals surface area contributed by atoms with Crippen LogP contribution in [0.1, 0.15) is 23.3 Å². The Morgan fingerprint density at radius 3 is 2.26 bits per heavy atom. The van der Waals surface area contributed by atoms with E-state index >= 15 is 0 Å². The van der Waals surface area contributed by atoms with E-state index in [2.05, 4.69) is 4.72 Å². The highest BCUT2D eigenvalue weighted by Gasteiger charge is 2.29. The van der Waals surface area contributed by atoms with E-state index in [4.69, 9.17) is 5.10 Å². The third-order valence-electron chi connectivity index (χ3n) is 5.86. The molecule has 2 aromatic carbocycles. The lowest BCUT2D eigenvalue weighted by atomic mass is 10.1. The number of hydrogen-bond donors (Lipinski definition) is 1. The topological polar surface area (TPSA) is 84.3 Å². The Kier molecular flexibility index (Phi) is 6.32. The molecule has 5 rings (SSSR count). The zero-order valence-corrected chi connectivity index (χ0v) is 20.0. The molecule has 0 bridgehead atoms. The second-order valence-corrected chi connectivity index (χ2v) is 11.0. The van der Waals surface area contributed by atoms with E-state index in [0.29, 0.717) is 35.8 Å². The van der Waals surface area contributed by atoms with Crippen LogP contribution in [0.25, 0.3) is 16.9 Å². The van der Waals surface area contributed by atoms with Crippen LogP contribution in [-0.2, 0) is 10.0 Å². The number of thiophene rings is 1. The molecular formula is C25H24N4O3S2. The van der Waals surface area contributed by atoms with E-state index in [1.807, 2.05) is 66.7 Å². The summed E-state index contributed by atoms with van der Waals surface area (Å²) < 4.78 is 29.9. The average molecular weight is 493 g/mol. The Morgan fingerprint density at radius 1 is 0.941 bits per heavy atom. The van der Waals surface area contributed by atoms with Gasteiger partial charge in [0.1, 0.15) is 9.90 Å². The highest BCUT2D eigenvalue weighted by Crippen LogP contribution is 2.24. The van der Waals surface area contributed by atoms with Gasteiger partial charge < -0.3 is 4.90 Å². The van der Waals surface area contributed by atoms with Crippen LogP contribution in [0.3, 0.4) is 0 Å². The standard InChI is InChI=1S/C25H24N4O3S2/c30-25(28-15-13-20(14-16-28)27-34(31,32)24-12-7-17-33-24)23-18-22(19-8-3-1-4-9-19)26-29(23)21-10-5-2-6-11-21/h1-12,17-18,20,27H,13-16H2. The zero-order valence-electron chi connectivity index (χ0n) is 18.4. The van der Waals surface area contributed by atoms with Crippen LogP contribution in [0, 0.1) is 0 Å². The molecule has 0 saturated carbocycles. The Bertz CT molecular complexity index is 1360. The molecule has 0 unspecified atom stereocenters. The molecule has 0 aliphatic carbocycles. The lowest BCUT2D eigenvalue weighted by Gasteiger charge is -2.32. The number of carbonyl (C=O) groups is 1. The molecule has 7 nitrogen and oxygen atoms in total. The number of benzene rings is 2. The first-order valence-electron chi connectivity index (χ1n) is 11.1. The molecule has 174 valence electrons. The lowest BCUT2D eigenvalue weighted by Crippen LogP contribution is -2.46. The summed E-state index contributed by atoms with van der Waals surface area (Å²) in [4.78, 5) is 15.3. The predicted octanol–water partition coefficient (Wildman–Crippen LogP) is 4.18.